The van der Waals surface area contributed by atoms with Crippen LogP contribution in [0.25, 0.3) is 0 Å². The SMILES string of the molecule is O=S(=O)(c1ccccc1Br)N1CC(Nc2ncccn2)C1. The standard InChI is InChI=1S/C13H13BrN4O2S/c14-11-4-1-2-5-12(11)21(19,20)18-8-10(9-18)17-13-15-6-3-7-16-13/h1-7,10H,8-9H2,(H,15,16,17). The zero-order chi connectivity index (χ0) is 14.9. The van der Waals surface area contributed by atoms with Crippen LogP contribution in [0.3, 0.4) is 0 Å². The van der Waals surface area contributed by atoms with Gasteiger partial charge in [0.25, 0.3) is 0 Å². The van der Waals surface area contributed by atoms with Crippen molar-refractivity contribution in [2.24, 2.45) is 0 Å². The molecule has 8 heteroatoms. The Labute approximate surface area is 131 Å². The predicted molar refractivity (Wildman–Crippen MR) is 82.3 cm³/mol. The molecule has 1 N–H and O–H groups in total. The van der Waals surface area contributed by atoms with Gasteiger partial charge in [-0.15, -0.1) is 0 Å². The molecule has 0 spiro atoms. The van der Waals surface area contributed by atoms with Crippen LogP contribution >= 0.6 is 15.9 Å². The number of aromatic nitrogens is 2. The third-order valence-electron chi connectivity index (χ3n) is 3.20. The van der Waals surface area contributed by atoms with Crippen LogP contribution in [0, 0.1) is 0 Å². The molecule has 1 aromatic heterocycles. The monoisotopic (exact) mass is 368 g/mol. The number of hydrogen-bond acceptors (Lipinski definition) is 5. The highest BCUT2D eigenvalue weighted by atomic mass is 79.9. The Morgan fingerprint density at radius 3 is 2.48 bits per heavy atom. The maximum Gasteiger partial charge on any atom is 0.244 e. The Hall–Kier alpha value is -1.51. The summed E-state index contributed by atoms with van der Waals surface area (Å²) in [5.41, 5.74) is 0. The first-order valence-corrected chi connectivity index (χ1v) is 8.59. The molecule has 2 aromatic rings. The van der Waals surface area contributed by atoms with Crippen molar-refractivity contribution in [2.45, 2.75) is 10.9 Å². The zero-order valence-corrected chi connectivity index (χ0v) is 13.4. The lowest BCUT2D eigenvalue weighted by molar-refractivity contribution is 0.280. The molecule has 3 rings (SSSR count). The Bertz CT molecular complexity index is 733. The molecule has 1 fully saturated rings. The van der Waals surface area contributed by atoms with Crippen LogP contribution in [0.15, 0.2) is 52.1 Å². The van der Waals surface area contributed by atoms with Crippen molar-refractivity contribution < 1.29 is 8.42 Å². The first-order chi connectivity index (χ1) is 10.1. The van der Waals surface area contributed by atoms with E-state index in [0.29, 0.717) is 28.4 Å². The summed E-state index contributed by atoms with van der Waals surface area (Å²) in [4.78, 5) is 8.42. The van der Waals surface area contributed by atoms with Crippen LogP contribution in [0.1, 0.15) is 0 Å². The summed E-state index contributed by atoms with van der Waals surface area (Å²) in [7, 11) is -3.45. The highest BCUT2D eigenvalue weighted by Gasteiger charge is 2.37. The molecule has 2 heterocycles. The van der Waals surface area contributed by atoms with Crippen molar-refractivity contribution in [3.05, 3.63) is 47.2 Å². The third kappa shape index (κ3) is 2.92. The lowest BCUT2D eigenvalue weighted by Gasteiger charge is -2.38. The molecular formula is C13H13BrN4O2S. The van der Waals surface area contributed by atoms with Crippen LogP contribution in [-0.4, -0.2) is 41.8 Å². The quantitative estimate of drug-likeness (QED) is 0.889. The first kappa shape index (κ1) is 14.4. The molecule has 21 heavy (non-hydrogen) atoms. The number of nitrogens with one attached hydrogen (secondary N) is 1. The number of benzene rings is 1. The molecular weight excluding hydrogens is 356 g/mol. The number of sulfonamides is 1. The Kier molecular flexibility index (Phi) is 3.92. The molecule has 1 aromatic carbocycles. The number of nitrogens with zero attached hydrogens (tertiary/aromatic N) is 3. The van der Waals surface area contributed by atoms with Gasteiger partial charge in [-0.25, -0.2) is 18.4 Å². The molecule has 6 nitrogen and oxygen atoms in total. The van der Waals surface area contributed by atoms with E-state index in [1.807, 2.05) is 0 Å². The van der Waals surface area contributed by atoms with Crippen molar-refractivity contribution in [3.63, 3.8) is 0 Å². The van der Waals surface area contributed by atoms with Gasteiger partial charge in [0.05, 0.1) is 10.9 Å². The Balaban J connectivity index is 1.67. The van der Waals surface area contributed by atoms with E-state index in [1.165, 1.54) is 4.31 Å². The van der Waals surface area contributed by atoms with Crippen molar-refractivity contribution in [1.82, 2.24) is 14.3 Å². The highest BCUT2D eigenvalue weighted by Crippen LogP contribution is 2.28. The van der Waals surface area contributed by atoms with Crippen LogP contribution in [0.5, 0.6) is 0 Å². The minimum atomic E-state index is -3.45. The lowest BCUT2D eigenvalue weighted by Crippen LogP contribution is -2.57. The van der Waals surface area contributed by atoms with Gasteiger partial charge < -0.3 is 5.32 Å². The second-order valence-corrected chi connectivity index (χ2v) is 7.43. The van der Waals surface area contributed by atoms with Gasteiger partial charge in [0.2, 0.25) is 16.0 Å². The fourth-order valence-electron chi connectivity index (χ4n) is 2.07. The molecule has 0 radical (unpaired) electrons. The van der Waals surface area contributed by atoms with E-state index in [4.69, 9.17) is 0 Å². The van der Waals surface area contributed by atoms with Gasteiger partial charge in [-0.05, 0) is 34.1 Å². The summed E-state index contributed by atoms with van der Waals surface area (Å²) in [5.74, 6) is 0.514. The number of anilines is 1. The smallest absolute Gasteiger partial charge is 0.244 e. The second-order valence-electron chi connectivity index (χ2n) is 4.67. The second kappa shape index (κ2) is 5.70. The topological polar surface area (TPSA) is 75.2 Å². The molecule has 1 saturated heterocycles. The minimum Gasteiger partial charge on any atom is -0.349 e. The minimum absolute atomic E-state index is 0.0321. The molecule has 1 aliphatic rings. The molecule has 0 unspecified atom stereocenters. The summed E-state index contributed by atoms with van der Waals surface area (Å²) in [6.07, 6.45) is 3.28. The van der Waals surface area contributed by atoms with E-state index < -0.39 is 10.0 Å². The van der Waals surface area contributed by atoms with E-state index in [1.54, 1.807) is 42.7 Å². The summed E-state index contributed by atoms with van der Waals surface area (Å²) in [6.45, 7) is 0.809. The fourth-order valence-corrected chi connectivity index (χ4v) is 4.57. The fraction of sp³-hybridized carbons (Fsp3) is 0.231. The van der Waals surface area contributed by atoms with E-state index in [-0.39, 0.29) is 6.04 Å². The molecule has 110 valence electrons. The Morgan fingerprint density at radius 1 is 1.14 bits per heavy atom. The highest BCUT2D eigenvalue weighted by molar-refractivity contribution is 9.10. The van der Waals surface area contributed by atoms with Crippen molar-refractivity contribution >= 4 is 31.9 Å². The molecule has 0 amide bonds. The predicted octanol–water partition coefficient (Wildman–Crippen LogP) is 1.72. The lowest BCUT2D eigenvalue weighted by atomic mass is 10.2. The molecule has 0 aliphatic carbocycles. The molecule has 0 bridgehead atoms. The zero-order valence-electron chi connectivity index (χ0n) is 11.0. The molecule has 0 atom stereocenters. The van der Waals surface area contributed by atoms with Gasteiger partial charge in [-0.3, -0.25) is 0 Å². The van der Waals surface area contributed by atoms with Gasteiger partial charge in [0.15, 0.2) is 0 Å². The number of hydrogen-bond donors (Lipinski definition) is 1. The number of halogens is 1. The molecule has 0 saturated carbocycles. The third-order valence-corrected chi connectivity index (χ3v) is 6.05. The molecule has 1 aliphatic heterocycles. The van der Waals surface area contributed by atoms with Crippen LogP contribution in [-0.2, 0) is 10.0 Å². The largest absolute Gasteiger partial charge is 0.349 e. The van der Waals surface area contributed by atoms with Gasteiger partial charge in [-0.2, -0.15) is 4.31 Å². The van der Waals surface area contributed by atoms with Crippen LogP contribution in [0.2, 0.25) is 0 Å². The van der Waals surface area contributed by atoms with Crippen LogP contribution < -0.4 is 5.32 Å². The normalized spacial score (nSPS) is 16.4. The summed E-state index contributed by atoms with van der Waals surface area (Å²) in [5, 5.41) is 3.11. The van der Waals surface area contributed by atoms with E-state index in [0.717, 1.165) is 0 Å². The van der Waals surface area contributed by atoms with Gasteiger partial charge in [-0.1, -0.05) is 12.1 Å². The van der Waals surface area contributed by atoms with Gasteiger partial charge >= 0.3 is 0 Å². The van der Waals surface area contributed by atoms with Gasteiger partial charge in [0, 0.05) is 30.0 Å². The van der Waals surface area contributed by atoms with Gasteiger partial charge in [0.1, 0.15) is 0 Å². The summed E-state index contributed by atoms with van der Waals surface area (Å²) >= 11 is 3.28. The summed E-state index contributed by atoms with van der Waals surface area (Å²) in [6, 6.07) is 8.59. The maximum atomic E-state index is 12.5. The van der Waals surface area contributed by atoms with Crippen molar-refractivity contribution in [2.75, 3.05) is 18.4 Å². The Morgan fingerprint density at radius 2 is 1.81 bits per heavy atom. The van der Waals surface area contributed by atoms with Crippen molar-refractivity contribution in [1.29, 1.82) is 0 Å². The average molecular weight is 369 g/mol. The van der Waals surface area contributed by atoms with E-state index in [2.05, 4.69) is 31.2 Å². The number of rotatable bonds is 4. The first-order valence-electron chi connectivity index (χ1n) is 6.35. The van der Waals surface area contributed by atoms with E-state index >= 15 is 0 Å². The summed E-state index contributed by atoms with van der Waals surface area (Å²) < 4.78 is 27.0. The average Bonchev–Trinajstić information content (AvgIpc) is 2.43. The van der Waals surface area contributed by atoms with Crippen LogP contribution in [0.4, 0.5) is 5.95 Å². The maximum absolute atomic E-state index is 12.5. The van der Waals surface area contributed by atoms with Crippen molar-refractivity contribution in [3.8, 4) is 0 Å². The van der Waals surface area contributed by atoms with E-state index in [9.17, 15) is 8.42 Å².